The predicted molar refractivity (Wildman–Crippen MR) is 438 cm³/mol. The molecule has 0 spiro atoms. The molecule has 0 saturated carbocycles. The number of benzene rings is 8. The van der Waals surface area contributed by atoms with Crippen LogP contribution in [0, 0.1) is 19.9 Å². The monoisotopic (exact) mass is 1890 g/mol. The molecule has 0 unspecified atom stereocenters. The van der Waals surface area contributed by atoms with Crippen LogP contribution in [-0.4, -0.2) is 124 Å². The van der Waals surface area contributed by atoms with Crippen molar-refractivity contribution < 1.29 is 109 Å². The van der Waals surface area contributed by atoms with Crippen molar-refractivity contribution in [1.29, 1.82) is 0 Å². The molecule has 1 radical (unpaired) electrons. The van der Waals surface area contributed by atoms with E-state index in [1.165, 1.54) is 0 Å². The Kier molecular flexibility index (Phi) is 47.2. The molecule has 1 N–H and O–H groups in total. The molecule has 0 aliphatic rings. The average molecular weight is 1900 g/mol. The van der Waals surface area contributed by atoms with Gasteiger partial charge in [-0.25, -0.2) is 14.4 Å². The predicted octanol–water partition coefficient (Wildman–Crippen LogP) is 19.7. The van der Waals surface area contributed by atoms with Gasteiger partial charge in [0, 0.05) is 111 Å². The summed E-state index contributed by atoms with van der Waals surface area (Å²) >= 11 is 35.2. The topological polar surface area (TPSA) is 351 Å². The number of hydrogen-bond acceptors (Lipinski definition) is 25. The van der Waals surface area contributed by atoms with Gasteiger partial charge in [-0.15, -0.1) is 15.2 Å². The van der Waals surface area contributed by atoms with Gasteiger partial charge in [-0.05, 0) is 287 Å². The number of carbonyl (C=O) groups is 8. The fourth-order valence-corrected chi connectivity index (χ4v) is 9.73. The van der Waals surface area contributed by atoms with Crippen LogP contribution in [0.3, 0.4) is 0 Å². The first-order valence-electron chi connectivity index (χ1n) is 34.3. The van der Waals surface area contributed by atoms with Crippen LogP contribution in [-0.2, 0) is 65.4 Å². The van der Waals surface area contributed by atoms with E-state index in [-0.39, 0.29) is 71.9 Å². The van der Waals surface area contributed by atoms with Crippen LogP contribution < -0.4 is 18.9 Å². The molecule has 0 atom stereocenters. The van der Waals surface area contributed by atoms with Crippen molar-refractivity contribution in [3.05, 3.63) is 279 Å². The largest absolute Gasteiger partial charge is 0.479 e. The van der Waals surface area contributed by atoms with Crippen molar-refractivity contribution in [3.63, 3.8) is 0 Å². The van der Waals surface area contributed by atoms with E-state index in [4.69, 9.17) is 106 Å². The van der Waals surface area contributed by atoms with E-state index in [0.717, 1.165) is 28.8 Å². The number of ether oxygens (including phenoxy) is 7. The minimum Gasteiger partial charge on any atom is -0.479 e. The van der Waals surface area contributed by atoms with E-state index in [2.05, 4.69) is 52.2 Å². The molecule has 615 valence electrons. The number of ketones is 4. The number of halogens is 7. The number of rotatable bonds is 36. The van der Waals surface area contributed by atoms with Crippen molar-refractivity contribution in [2.75, 3.05) is 50.3 Å². The number of esters is 3. The molecular weight excluding hydrogens is 1810 g/mol. The van der Waals surface area contributed by atoms with Gasteiger partial charge in [-0.3, -0.25) is 24.0 Å². The van der Waals surface area contributed by atoms with E-state index >= 15 is 0 Å². The van der Waals surface area contributed by atoms with Gasteiger partial charge in [0.15, 0.2) is 56.2 Å². The maximum absolute atomic E-state index is 12.5. The van der Waals surface area contributed by atoms with Crippen molar-refractivity contribution in [2.45, 2.75) is 110 Å². The maximum atomic E-state index is 12.5. The molecule has 25 nitrogen and oxygen atoms in total. The van der Waals surface area contributed by atoms with Gasteiger partial charge in [0.2, 0.25) is 0 Å². The summed E-state index contributed by atoms with van der Waals surface area (Å²) in [5.74, 6) is -0.215. The molecule has 0 amide bonds. The Balaban J connectivity index is 0.000000499. The molecular formula is C81H83AgBr2Cl5N3O22-. The minimum absolute atomic E-state index is 0. The fraction of sp³-hybridized carbons (Fsp3) is 0.309. The van der Waals surface area contributed by atoms with Crippen molar-refractivity contribution in [3.8, 4) is 23.0 Å². The number of nitrogens with zero attached hydrogens (tertiary/aromatic N) is 3. The summed E-state index contributed by atoms with van der Waals surface area (Å²) in [6.07, 6.45) is 3.03. The Morgan fingerprint density at radius 2 is 0.544 bits per heavy atom. The van der Waals surface area contributed by atoms with Crippen LogP contribution in [0.2, 0.25) is 20.1 Å². The zero-order chi connectivity index (χ0) is 84.2. The van der Waals surface area contributed by atoms with Crippen LogP contribution in [0.5, 0.6) is 23.0 Å². The summed E-state index contributed by atoms with van der Waals surface area (Å²) in [6.45, 7) is 14.0. The first-order valence-corrected chi connectivity index (χ1v) is 38.4. The average Bonchev–Trinajstić information content (AvgIpc) is 0.819. The van der Waals surface area contributed by atoms with Crippen LogP contribution >= 0.6 is 89.9 Å². The van der Waals surface area contributed by atoms with Crippen LogP contribution in [0.1, 0.15) is 151 Å². The fourth-order valence-electron chi connectivity index (χ4n) is 8.71. The summed E-state index contributed by atoms with van der Waals surface area (Å²) in [5.41, 5.74) is -0.496. The third kappa shape index (κ3) is 37.5. The Hall–Kier alpha value is -8.97. The number of alkyl halides is 2. The minimum atomic E-state index is -1.23. The summed E-state index contributed by atoms with van der Waals surface area (Å²) in [7, 11) is 0. The Bertz CT molecular complexity index is 4320. The second kappa shape index (κ2) is 53.2. The zero-order valence-electron chi connectivity index (χ0n) is 63.0. The Morgan fingerprint density at radius 1 is 0.342 bits per heavy atom. The van der Waals surface area contributed by atoms with Gasteiger partial charge in [0.05, 0.1) is 19.8 Å². The molecule has 0 aromatic heterocycles. The molecule has 33 heteroatoms. The van der Waals surface area contributed by atoms with E-state index in [1.807, 2.05) is 0 Å². The van der Waals surface area contributed by atoms with E-state index in [0.29, 0.717) is 120 Å². The molecule has 0 aliphatic carbocycles. The number of hydrogen-bond donors (Lipinski definition) is 1. The molecule has 114 heavy (non-hydrogen) atoms. The second-order valence-corrected chi connectivity index (χ2v) is 29.0. The summed E-state index contributed by atoms with van der Waals surface area (Å²) in [6, 6.07) is 52.8. The Morgan fingerprint density at radius 3 is 0.754 bits per heavy atom. The van der Waals surface area contributed by atoms with E-state index in [1.54, 1.807) is 250 Å². The SMILES string of the molecule is CC(C)(Oc1ccc(C(=O)c2ccc(Cl)cc2)cc1)C(=O)Cl.CC(C)(Oc1ccc(C(=O)c2ccc(Cl)cc2)cc1)C(=O)OCCCBr.CC(C)(Oc1ccc(C(=O)c2ccc(Cl)cc2)cc1)C(=O)OCCCCON=O.CC(C)(Oc1ccc(C(=O)c2ccc(Cl)cc2)cc1)C(=O)OCCCON=O.O=N[O-].OCCCBr.[Ag]. The Labute approximate surface area is 717 Å². The summed E-state index contributed by atoms with van der Waals surface area (Å²) < 4.78 is 38.2. The zero-order valence-corrected chi connectivity index (χ0v) is 71.4. The number of unbranched alkanes of at least 4 members (excludes halogenated alkanes) is 1. The quantitative estimate of drug-likeness (QED) is 0.00438. The van der Waals surface area contributed by atoms with E-state index in [9.17, 15) is 48.2 Å². The second-order valence-electron chi connectivity index (χ2n) is 25.3. The van der Waals surface area contributed by atoms with Crippen LogP contribution in [0.15, 0.2) is 210 Å². The molecule has 8 aromatic rings. The summed E-state index contributed by atoms with van der Waals surface area (Å²) in [4.78, 5) is 134. The van der Waals surface area contributed by atoms with Crippen molar-refractivity contribution in [1.82, 2.24) is 0 Å². The first-order chi connectivity index (χ1) is 53.6. The first kappa shape index (κ1) is 101. The molecule has 0 fully saturated rings. The molecule has 0 bridgehead atoms. The van der Waals surface area contributed by atoms with E-state index < -0.39 is 45.6 Å². The molecule has 8 rings (SSSR count). The third-order valence-electron chi connectivity index (χ3n) is 14.7. The van der Waals surface area contributed by atoms with Gasteiger partial charge in [-0.1, -0.05) is 78.3 Å². The smallest absolute Gasteiger partial charge is 0.349 e. The standard InChI is InChI=1S/C21H22ClNO6.C20H20BrClO4.C20H20ClNO6.C17H14Cl2O3.C3H7BrO.Ag.HNO2/c1-21(2,20(25)27-13-3-4-14-28-23-26)29-18-11-7-16(8-12-18)19(24)15-5-9-17(22)10-6-15;1-20(2,19(24)25-13-3-12-21)26-17-10-6-15(7-11-17)18(23)14-4-8-16(22)9-5-14;1-20(2,19(24)26-12-3-13-27-22-25)28-17-10-6-15(7-11-17)18(23)14-4-8-16(21)9-5-14;1-17(2,16(19)21)22-14-9-5-12(6-10-14)15(20)11-3-7-13(18)8-4-11;4-2-1-3-5;;2-1-3/h5-12H,3-4,13-14H2,1-2H3;4-11H,3,12-13H2,1-2H3;4-11H,3,12-13H2,1-2H3;3-10H,1-2H3;5H,1-3H2;;(H,2,3)/p-1. The third-order valence-corrected chi connectivity index (χ3v) is 17.3. The number of aliphatic hydroxyl groups excluding tert-OH is 1. The van der Waals surface area contributed by atoms with Gasteiger partial charge in [0.25, 0.3) is 5.24 Å². The van der Waals surface area contributed by atoms with Crippen molar-refractivity contribution in [2.24, 2.45) is 16.0 Å². The molecule has 0 saturated heterocycles. The summed E-state index contributed by atoms with van der Waals surface area (Å²) in [5, 5.41) is 24.9. The van der Waals surface area contributed by atoms with Crippen LogP contribution in [0.4, 0.5) is 0 Å². The molecule has 0 aliphatic heterocycles. The normalized spacial score (nSPS) is 10.6. The molecule has 0 heterocycles. The maximum Gasteiger partial charge on any atom is 0.349 e. The number of aliphatic hydroxyl groups is 1. The van der Waals surface area contributed by atoms with Gasteiger partial charge in [0.1, 0.15) is 36.2 Å². The number of carbonyl (C=O) groups excluding carboxylic acids is 8. The van der Waals surface area contributed by atoms with Gasteiger partial charge >= 0.3 is 17.9 Å². The van der Waals surface area contributed by atoms with Gasteiger partial charge < -0.3 is 58.1 Å². The van der Waals surface area contributed by atoms with Gasteiger partial charge in [-0.2, -0.15) is 0 Å². The van der Waals surface area contributed by atoms with Crippen LogP contribution in [0.25, 0.3) is 0 Å². The van der Waals surface area contributed by atoms with Crippen molar-refractivity contribution >= 4 is 136 Å². The molecule has 8 aromatic carbocycles.